The van der Waals surface area contributed by atoms with Crippen molar-refractivity contribution in [3.63, 3.8) is 0 Å². The fourth-order valence-electron chi connectivity index (χ4n) is 1.33. The normalized spacial score (nSPS) is 12.5. The van der Waals surface area contributed by atoms with E-state index in [2.05, 4.69) is 0 Å². The number of esters is 1. The van der Waals surface area contributed by atoms with Crippen LogP contribution in [0, 0.1) is 0 Å². The van der Waals surface area contributed by atoms with E-state index in [4.69, 9.17) is 22.1 Å². The molecule has 94 valence electrons. The van der Waals surface area contributed by atoms with Gasteiger partial charge in [-0.25, -0.2) is 0 Å². The molecule has 4 nitrogen and oxygen atoms in total. The Morgan fingerprint density at radius 2 is 2.18 bits per heavy atom. The summed E-state index contributed by atoms with van der Waals surface area (Å²) >= 11 is 5.75. The van der Waals surface area contributed by atoms with Crippen LogP contribution in [-0.4, -0.2) is 23.2 Å². The van der Waals surface area contributed by atoms with Crippen molar-refractivity contribution in [3.8, 4) is 5.75 Å². The average Bonchev–Trinajstić information content (AvgIpc) is 2.22. The molecule has 0 bridgehead atoms. The number of hydrogen-bond donors (Lipinski definition) is 2. The minimum Gasteiger partial charge on any atom is -0.506 e. The lowest BCUT2D eigenvalue weighted by Crippen LogP contribution is -2.35. The minimum absolute atomic E-state index is 0.00810. The summed E-state index contributed by atoms with van der Waals surface area (Å²) in [5.74, 6) is -0.432. The number of halogens is 1. The molecule has 1 aromatic rings. The van der Waals surface area contributed by atoms with Gasteiger partial charge in [-0.05, 0) is 38.0 Å². The van der Waals surface area contributed by atoms with Crippen LogP contribution in [0.1, 0.15) is 19.4 Å². The van der Waals surface area contributed by atoms with Gasteiger partial charge in [-0.2, -0.15) is 0 Å². The molecule has 5 heteroatoms. The molecule has 3 N–H and O–H groups in total. The van der Waals surface area contributed by atoms with Crippen LogP contribution in [0.25, 0.3) is 0 Å². The van der Waals surface area contributed by atoms with Crippen LogP contribution in [0.5, 0.6) is 5.75 Å². The topological polar surface area (TPSA) is 72.5 Å². The van der Waals surface area contributed by atoms with Crippen molar-refractivity contribution in [1.82, 2.24) is 0 Å². The molecule has 0 aliphatic heterocycles. The molecule has 0 unspecified atom stereocenters. The third-order valence-electron chi connectivity index (χ3n) is 2.12. The number of phenolic OH excluding ortho intramolecular Hbond substituents is 1. The third-order valence-corrected chi connectivity index (χ3v) is 2.43. The third kappa shape index (κ3) is 4.24. The average molecular weight is 258 g/mol. The molecule has 0 saturated heterocycles. The van der Waals surface area contributed by atoms with Gasteiger partial charge in [-0.15, -0.1) is 0 Å². The summed E-state index contributed by atoms with van der Waals surface area (Å²) in [5.41, 5.74) is 6.48. The first-order valence-electron chi connectivity index (χ1n) is 5.33. The zero-order valence-corrected chi connectivity index (χ0v) is 10.6. The molecule has 0 amide bonds. The van der Waals surface area contributed by atoms with Gasteiger partial charge in [-0.1, -0.05) is 17.7 Å². The fourth-order valence-corrected chi connectivity index (χ4v) is 1.54. The zero-order valence-electron chi connectivity index (χ0n) is 9.81. The van der Waals surface area contributed by atoms with E-state index in [1.165, 1.54) is 6.07 Å². The first-order valence-corrected chi connectivity index (χ1v) is 5.71. The molecule has 0 aliphatic carbocycles. The SMILES string of the molecule is CC(C)OC(=O)[C@@H](N)Cc1ccc(O)c(Cl)c1. The molecule has 0 saturated carbocycles. The van der Waals surface area contributed by atoms with E-state index in [1.807, 2.05) is 0 Å². The van der Waals surface area contributed by atoms with Gasteiger partial charge < -0.3 is 15.6 Å². The Morgan fingerprint density at radius 3 is 2.71 bits per heavy atom. The summed E-state index contributed by atoms with van der Waals surface area (Å²) in [6.45, 7) is 3.53. The van der Waals surface area contributed by atoms with Crippen molar-refractivity contribution in [2.24, 2.45) is 5.73 Å². The van der Waals surface area contributed by atoms with Gasteiger partial charge in [0.25, 0.3) is 0 Å². The quantitative estimate of drug-likeness (QED) is 0.808. The van der Waals surface area contributed by atoms with Gasteiger partial charge in [0.1, 0.15) is 11.8 Å². The van der Waals surface area contributed by atoms with Crippen LogP contribution in [-0.2, 0) is 16.0 Å². The van der Waals surface area contributed by atoms with Crippen molar-refractivity contribution in [2.45, 2.75) is 32.4 Å². The van der Waals surface area contributed by atoms with Gasteiger partial charge in [0.2, 0.25) is 0 Å². The largest absolute Gasteiger partial charge is 0.506 e. The lowest BCUT2D eigenvalue weighted by atomic mass is 10.1. The molecule has 0 spiro atoms. The number of carbonyl (C=O) groups is 1. The van der Waals surface area contributed by atoms with Crippen molar-refractivity contribution in [3.05, 3.63) is 28.8 Å². The number of nitrogens with two attached hydrogens (primary N) is 1. The molecular formula is C12H16ClNO3. The van der Waals surface area contributed by atoms with Gasteiger partial charge in [0, 0.05) is 0 Å². The predicted molar refractivity (Wildman–Crippen MR) is 66.0 cm³/mol. The van der Waals surface area contributed by atoms with Gasteiger partial charge >= 0.3 is 5.97 Å². The number of phenols is 1. The lowest BCUT2D eigenvalue weighted by Gasteiger charge is -2.14. The zero-order chi connectivity index (χ0) is 13.0. The summed E-state index contributed by atoms with van der Waals surface area (Å²) < 4.78 is 4.99. The van der Waals surface area contributed by atoms with Gasteiger partial charge in [-0.3, -0.25) is 4.79 Å². The number of hydrogen-bond acceptors (Lipinski definition) is 4. The van der Waals surface area contributed by atoms with E-state index >= 15 is 0 Å². The summed E-state index contributed by atoms with van der Waals surface area (Å²) in [5, 5.41) is 9.49. The highest BCUT2D eigenvalue weighted by atomic mass is 35.5. The second kappa shape index (κ2) is 5.89. The van der Waals surface area contributed by atoms with E-state index in [-0.39, 0.29) is 16.9 Å². The number of aromatic hydroxyl groups is 1. The van der Waals surface area contributed by atoms with Crippen LogP contribution in [0.3, 0.4) is 0 Å². The molecule has 17 heavy (non-hydrogen) atoms. The van der Waals surface area contributed by atoms with E-state index < -0.39 is 12.0 Å². The Labute approximate surface area is 105 Å². The molecular weight excluding hydrogens is 242 g/mol. The van der Waals surface area contributed by atoms with Crippen LogP contribution in [0.15, 0.2) is 18.2 Å². The summed E-state index contributed by atoms with van der Waals surface area (Å²) in [4.78, 5) is 11.5. The van der Waals surface area contributed by atoms with Crippen LogP contribution in [0.4, 0.5) is 0 Å². The predicted octanol–water partition coefficient (Wildman–Crippen LogP) is 1.87. The minimum atomic E-state index is -0.724. The first kappa shape index (κ1) is 13.8. The van der Waals surface area contributed by atoms with Crippen molar-refractivity contribution in [2.75, 3.05) is 0 Å². The van der Waals surface area contributed by atoms with Crippen molar-refractivity contribution in [1.29, 1.82) is 0 Å². The van der Waals surface area contributed by atoms with Crippen LogP contribution in [0.2, 0.25) is 5.02 Å². The Morgan fingerprint density at radius 1 is 1.53 bits per heavy atom. The number of carbonyl (C=O) groups excluding carboxylic acids is 1. The highest BCUT2D eigenvalue weighted by molar-refractivity contribution is 6.32. The smallest absolute Gasteiger partial charge is 0.323 e. The second-order valence-electron chi connectivity index (χ2n) is 4.08. The molecule has 1 rings (SSSR count). The number of ether oxygens (including phenoxy) is 1. The van der Waals surface area contributed by atoms with Gasteiger partial charge in [0.05, 0.1) is 11.1 Å². The summed E-state index contributed by atoms with van der Waals surface area (Å²) in [6.07, 6.45) is 0.142. The Bertz CT molecular complexity index is 407. The fraction of sp³-hybridized carbons (Fsp3) is 0.417. The molecule has 0 radical (unpaired) electrons. The van der Waals surface area contributed by atoms with Crippen LogP contribution < -0.4 is 5.73 Å². The standard InChI is InChI=1S/C12H16ClNO3/c1-7(2)17-12(16)10(14)6-8-3-4-11(15)9(13)5-8/h3-5,7,10,15H,6,14H2,1-2H3/t10-/m0/s1. The lowest BCUT2D eigenvalue weighted by molar-refractivity contribution is -0.148. The van der Waals surface area contributed by atoms with Crippen molar-refractivity contribution >= 4 is 17.6 Å². The highest BCUT2D eigenvalue weighted by Gasteiger charge is 2.17. The maximum atomic E-state index is 11.5. The monoisotopic (exact) mass is 257 g/mol. The molecule has 1 aromatic carbocycles. The maximum absolute atomic E-state index is 11.5. The number of benzene rings is 1. The molecule has 1 atom stereocenters. The highest BCUT2D eigenvalue weighted by Crippen LogP contribution is 2.24. The van der Waals surface area contributed by atoms with E-state index in [9.17, 15) is 9.90 Å². The summed E-state index contributed by atoms with van der Waals surface area (Å²) in [6, 6.07) is 4.00. The number of rotatable bonds is 4. The van der Waals surface area contributed by atoms with Gasteiger partial charge in [0.15, 0.2) is 0 Å². The Balaban J connectivity index is 2.64. The van der Waals surface area contributed by atoms with E-state index in [1.54, 1.807) is 26.0 Å². The first-order chi connectivity index (χ1) is 7.90. The van der Waals surface area contributed by atoms with E-state index in [0.717, 1.165) is 5.56 Å². The molecule has 0 aromatic heterocycles. The summed E-state index contributed by atoms with van der Waals surface area (Å²) in [7, 11) is 0. The molecule has 0 fully saturated rings. The Kier molecular flexibility index (Phi) is 4.78. The Hall–Kier alpha value is -1.26. The molecule has 0 aliphatic rings. The van der Waals surface area contributed by atoms with E-state index in [0.29, 0.717) is 6.42 Å². The maximum Gasteiger partial charge on any atom is 0.323 e. The molecule has 0 heterocycles. The second-order valence-corrected chi connectivity index (χ2v) is 4.49. The van der Waals surface area contributed by atoms with Crippen molar-refractivity contribution < 1.29 is 14.6 Å². The van der Waals surface area contributed by atoms with Crippen LogP contribution >= 0.6 is 11.6 Å².